The van der Waals surface area contributed by atoms with Crippen molar-refractivity contribution in [2.45, 2.75) is 44.6 Å². The normalized spacial score (nSPS) is 15.6. The number of carbonyl (C=O) groups excluding carboxylic acids is 1. The molecule has 0 spiro atoms. The second kappa shape index (κ2) is 8.37. The van der Waals surface area contributed by atoms with Gasteiger partial charge in [0.1, 0.15) is 5.75 Å². The van der Waals surface area contributed by atoms with E-state index < -0.39 is 5.41 Å². The van der Waals surface area contributed by atoms with E-state index in [2.05, 4.69) is 35.8 Å². The first-order chi connectivity index (χ1) is 12.7. The third-order valence-corrected chi connectivity index (χ3v) is 5.28. The Balaban J connectivity index is 1.83. The van der Waals surface area contributed by atoms with Gasteiger partial charge in [-0.25, -0.2) is 0 Å². The van der Waals surface area contributed by atoms with Crippen LogP contribution in [0, 0.1) is 0 Å². The largest absolute Gasteiger partial charge is 0.497 e. The highest BCUT2D eigenvalue weighted by molar-refractivity contribution is 5.99. The minimum Gasteiger partial charge on any atom is -0.497 e. The SMILES string of the molecule is CCNCc1cccc(NC(=O)C2(c3cccc(OC)c3)CCCC2)c1. The molecule has 1 fully saturated rings. The Hall–Kier alpha value is -2.33. The van der Waals surface area contributed by atoms with Crippen molar-refractivity contribution in [3.63, 3.8) is 0 Å². The number of hydrogen-bond donors (Lipinski definition) is 2. The summed E-state index contributed by atoms with van der Waals surface area (Å²) >= 11 is 0. The molecule has 0 atom stereocenters. The van der Waals surface area contributed by atoms with E-state index in [1.807, 2.05) is 30.3 Å². The fraction of sp³-hybridized carbons (Fsp3) is 0.409. The molecule has 4 heteroatoms. The number of carbonyl (C=O) groups is 1. The van der Waals surface area contributed by atoms with Gasteiger partial charge in [-0.05, 0) is 54.8 Å². The first-order valence-corrected chi connectivity index (χ1v) is 9.43. The molecule has 0 aliphatic heterocycles. The third-order valence-electron chi connectivity index (χ3n) is 5.28. The van der Waals surface area contributed by atoms with Crippen LogP contribution in [-0.2, 0) is 16.8 Å². The van der Waals surface area contributed by atoms with E-state index >= 15 is 0 Å². The van der Waals surface area contributed by atoms with Gasteiger partial charge in [0.05, 0.1) is 12.5 Å². The van der Waals surface area contributed by atoms with Crippen LogP contribution in [0.2, 0.25) is 0 Å². The molecule has 1 aliphatic carbocycles. The molecule has 0 bridgehead atoms. The lowest BCUT2D eigenvalue weighted by Crippen LogP contribution is -2.38. The number of anilines is 1. The quantitative estimate of drug-likeness (QED) is 0.783. The minimum atomic E-state index is -0.466. The van der Waals surface area contributed by atoms with Crippen molar-refractivity contribution in [1.82, 2.24) is 5.32 Å². The molecule has 3 rings (SSSR count). The summed E-state index contributed by atoms with van der Waals surface area (Å²) in [6, 6.07) is 16.0. The zero-order valence-corrected chi connectivity index (χ0v) is 15.7. The molecule has 4 nitrogen and oxygen atoms in total. The van der Waals surface area contributed by atoms with Crippen LogP contribution in [0.1, 0.15) is 43.7 Å². The van der Waals surface area contributed by atoms with Gasteiger partial charge in [-0.3, -0.25) is 4.79 Å². The molecule has 0 saturated heterocycles. The summed E-state index contributed by atoms with van der Waals surface area (Å²) < 4.78 is 5.37. The zero-order chi connectivity index (χ0) is 18.4. The monoisotopic (exact) mass is 352 g/mol. The van der Waals surface area contributed by atoms with Crippen molar-refractivity contribution in [1.29, 1.82) is 0 Å². The molecule has 1 aliphatic rings. The van der Waals surface area contributed by atoms with E-state index in [4.69, 9.17) is 4.74 Å². The summed E-state index contributed by atoms with van der Waals surface area (Å²) in [4.78, 5) is 13.3. The fourth-order valence-corrected chi connectivity index (χ4v) is 3.83. The molecule has 0 unspecified atom stereocenters. The molecule has 0 aromatic heterocycles. The lowest BCUT2D eigenvalue weighted by Gasteiger charge is -2.28. The van der Waals surface area contributed by atoms with E-state index in [0.717, 1.165) is 55.8 Å². The summed E-state index contributed by atoms with van der Waals surface area (Å²) in [5.41, 5.74) is 2.62. The first-order valence-electron chi connectivity index (χ1n) is 9.43. The van der Waals surface area contributed by atoms with E-state index in [9.17, 15) is 4.79 Å². The van der Waals surface area contributed by atoms with Crippen LogP contribution in [0.3, 0.4) is 0 Å². The van der Waals surface area contributed by atoms with E-state index in [-0.39, 0.29) is 5.91 Å². The average Bonchev–Trinajstić information content (AvgIpc) is 3.18. The van der Waals surface area contributed by atoms with Crippen LogP contribution in [0.25, 0.3) is 0 Å². The van der Waals surface area contributed by atoms with Gasteiger partial charge >= 0.3 is 0 Å². The highest BCUT2D eigenvalue weighted by atomic mass is 16.5. The molecule has 2 N–H and O–H groups in total. The third kappa shape index (κ3) is 3.91. The smallest absolute Gasteiger partial charge is 0.235 e. The number of ether oxygens (including phenoxy) is 1. The van der Waals surface area contributed by atoms with Gasteiger partial charge < -0.3 is 15.4 Å². The number of rotatable bonds is 7. The van der Waals surface area contributed by atoms with Crippen LogP contribution in [0.5, 0.6) is 5.75 Å². The summed E-state index contributed by atoms with van der Waals surface area (Å²) in [6.45, 7) is 3.82. The number of amides is 1. The predicted molar refractivity (Wildman–Crippen MR) is 106 cm³/mol. The summed E-state index contributed by atoms with van der Waals surface area (Å²) in [5.74, 6) is 0.887. The molecule has 0 heterocycles. The molecular formula is C22H28N2O2. The van der Waals surface area contributed by atoms with Crippen molar-refractivity contribution in [2.75, 3.05) is 19.0 Å². The molecule has 1 saturated carbocycles. The maximum Gasteiger partial charge on any atom is 0.235 e. The van der Waals surface area contributed by atoms with E-state index in [1.54, 1.807) is 7.11 Å². The molecule has 0 radical (unpaired) electrons. The maximum absolute atomic E-state index is 13.3. The van der Waals surface area contributed by atoms with Gasteiger partial charge in [0.15, 0.2) is 0 Å². The molecule has 138 valence electrons. The first kappa shape index (κ1) is 18.5. The van der Waals surface area contributed by atoms with Gasteiger partial charge in [0.2, 0.25) is 5.91 Å². The van der Waals surface area contributed by atoms with Crippen molar-refractivity contribution >= 4 is 11.6 Å². The van der Waals surface area contributed by atoms with Gasteiger partial charge in [0.25, 0.3) is 0 Å². The Bertz CT molecular complexity index is 751. The number of benzene rings is 2. The van der Waals surface area contributed by atoms with Gasteiger partial charge in [0, 0.05) is 12.2 Å². The Morgan fingerprint density at radius 2 is 1.88 bits per heavy atom. The standard InChI is InChI=1S/C22H28N2O2/c1-3-23-16-17-8-6-10-19(14-17)24-21(25)22(12-4-5-13-22)18-9-7-11-20(15-18)26-2/h6-11,14-15,23H,3-5,12-13,16H2,1-2H3,(H,24,25). The predicted octanol–water partition coefficient (Wildman–Crippen LogP) is 4.26. The topological polar surface area (TPSA) is 50.4 Å². The number of hydrogen-bond acceptors (Lipinski definition) is 3. The van der Waals surface area contributed by atoms with E-state index in [1.165, 1.54) is 5.56 Å². The van der Waals surface area contributed by atoms with Gasteiger partial charge in [-0.2, -0.15) is 0 Å². The Labute approximate surface area is 156 Å². The second-order valence-electron chi connectivity index (χ2n) is 6.96. The van der Waals surface area contributed by atoms with Crippen molar-refractivity contribution < 1.29 is 9.53 Å². The average molecular weight is 352 g/mol. The molecule has 1 amide bonds. The Morgan fingerprint density at radius 3 is 2.62 bits per heavy atom. The van der Waals surface area contributed by atoms with Gasteiger partial charge in [-0.15, -0.1) is 0 Å². The zero-order valence-electron chi connectivity index (χ0n) is 15.7. The summed E-state index contributed by atoms with van der Waals surface area (Å²) in [7, 11) is 1.66. The summed E-state index contributed by atoms with van der Waals surface area (Å²) in [6.07, 6.45) is 3.91. The van der Waals surface area contributed by atoms with Gasteiger partial charge in [-0.1, -0.05) is 44.0 Å². The molecular weight excluding hydrogens is 324 g/mol. The summed E-state index contributed by atoms with van der Waals surface area (Å²) in [5, 5.41) is 6.49. The highest BCUT2D eigenvalue weighted by Crippen LogP contribution is 2.43. The lowest BCUT2D eigenvalue weighted by atomic mass is 9.78. The number of nitrogens with one attached hydrogen (secondary N) is 2. The Kier molecular flexibility index (Phi) is 5.94. The van der Waals surface area contributed by atoms with Crippen LogP contribution >= 0.6 is 0 Å². The van der Waals surface area contributed by atoms with Crippen molar-refractivity contribution in [2.24, 2.45) is 0 Å². The van der Waals surface area contributed by atoms with Crippen LogP contribution < -0.4 is 15.4 Å². The lowest BCUT2D eigenvalue weighted by molar-refractivity contribution is -0.121. The van der Waals surface area contributed by atoms with Crippen LogP contribution in [-0.4, -0.2) is 19.6 Å². The Morgan fingerprint density at radius 1 is 1.12 bits per heavy atom. The fourth-order valence-electron chi connectivity index (χ4n) is 3.83. The van der Waals surface area contributed by atoms with E-state index in [0.29, 0.717) is 0 Å². The van der Waals surface area contributed by atoms with Crippen LogP contribution in [0.15, 0.2) is 48.5 Å². The van der Waals surface area contributed by atoms with Crippen molar-refractivity contribution in [3.05, 3.63) is 59.7 Å². The highest BCUT2D eigenvalue weighted by Gasteiger charge is 2.42. The second-order valence-corrected chi connectivity index (χ2v) is 6.96. The molecule has 2 aromatic rings. The van der Waals surface area contributed by atoms with Crippen LogP contribution in [0.4, 0.5) is 5.69 Å². The number of methoxy groups -OCH3 is 1. The van der Waals surface area contributed by atoms with Crippen molar-refractivity contribution in [3.8, 4) is 5.75 Å². The maximum atomic E-state index is 13.3. The molecule has 26 heavy (non-hydrogen) atoms. The minimum absolute atomic E-state index is 0.0869. The molecule has 2 aromatic carbocycles.